The number of nitrogens with zero attached hydrogens (tertiary/aromatic N) is 1. The molecule has 0 radical (unpaired) electrons. The molecule has 0 aromatic heterocycles. The van der Waals surface area contributed by atoms with Crippen LogP contribution in [0.15, 0.2) is 18.2 Å². The highest BCUT2D eigenvalue weighted by Crippen LogP contribution is 2.33. The summed E-state index contributed by atoms with van der Waals surface area (Å²) in [4.78, 5) is 2.39. The zero-order valence-corrected chi connectivity index (χ0v) is 12.2. The van der Waals surface area contributed by atoms with E-state index in [1.165, 1.54) is 18.9 Å². The Morgan fingerprint density at radius 1 is 1.35 bits per heavy atom. The van der Waals surface area contributed by atoms with Crippen LogP contribution in [-0.4, -0.2) is 30.3 Å². The summed E-state index contributed by atoms with van der Waals surface area (Å²) in [5, 5.41) is 0. The number of morpholine rings is 1. The maximum Gasteiger partial charge on any atom is 0.147 e. The van der Waals surface area contributed by atoms with Gasteiger partial charge < -0.3 is 15.4 Å². The van der Waals surface area contributed by atoms with Crippen molar-refractivity contribution in [2.45, 2.75) is 37.8 Å². The van der Waals surface area contributed by atoms with E-state index >= 15 is 0 Å². The highest BCUT2D eigenvalue weighted by atomic mass is 32.1. The van der Waals surface area contributed by atoms with Gasteiger partial charge in [-0.2, -0.15) is 0 Å². The number of ether oxygens (including phenoxy) is 1. The average Bonchev–Trinajstić information content (AvgIpc) is 2.46. The Morgan fingerprint density at radius 3 is 2.90 bits per heavy atom. The van der Waals surface area contributed by atoms with Crippen LogP contribution in [0.5, 0.6) is 0 Å². The first-order chi connectivity index (χ1) is 9.66. The Morgan fingerprint density at radius 2 is 2.15 bits per heavy atom. The molecular formula is C15H19FN2OS. The molecule has 0 spiro atoms. The van der Waals surface area contributed by atoms with Gasteiger partial charge in [-0.15, -0.1) is 0 Å². The molecule has 5 heteroatoms. The van der Waals surface area contributed by atoms with Crippen LogP contribution in [-0.2, 0) is 4.74 Å². The van der Waals surface area contributed by atoms with Gasteiger partial charge in [0.05, 0.1) is 24.4 Å². The largest absolute Gasteiger partial charge is 0.389 e. The van der Waals surface area contributed by atoms with Crippen LogP contribution in [0.4, 0.5) is 10.1 Å². The smallest absolute Gasteiger partial charge is 0.147 e. The van der Waals surface area contributed by atoms with Gasteiger partial charge in [-0.1, -0.05) is 25.1 Å². The molecule has 20 heavy (non-hydrogen) atoms. The fraction of sp³-hybridized carbons (Fsp3) is 0.533. The topological polar surface area (TPSA) is 38.5 Å². The molecule has 2 N–H and O–H groups in total. The minimum Gasteiger partial charge on any atom is -0.389 e. The fourth-order valence-corrected chi connectivity index (χ4v) is 3.42. The maximum atomic E-state index is 14.4. The van der Waals surface area contributed by atoms with E-state index in [9.17, 15) is 4.39 Å². The lowest BCUT2D eigenvalue weighted by atomic mass is 9.89. The molecule has 1 aliphatic heterocycles. The summed E-state index contributed by atoms with van der Waals surface area (Å²) < 4.78 is 20.2. The Bertz CT molecular complexity index is 521. The van der Waals surface area contributed by atoms with Crippen molar-refractivity contribution in [2.24, 2.45) is 5.73 Å². The van der Waals surface area contributed by atoms with Gasteiger partial charge >= 0.3 is 0 Å². The lowest BCUT2D eigenvalue weighted by molar-refractivity contribution is -0.00891. The summed E-state index contributed by atoms with van der Waals surface area (Å²) in [5.74, 6) is -0.249. The molecule has 1 saturated carbocycles. The molecule has 2 aliphatic rings. The third-order valence-corrected chi connectivity index (χ3v) is 4.51. The van der Waals surface area contributed by atoms with Crippen LogP contribution in [0.2, 0.25) is 0 Å². The van der Waals surface area contributed by atoms with Crippen molar-refractivity contribution < 1.29 is 9.13 Å². The number of thiocarbonyl (C=S) groups is 1. The predicted octanol–water partition coefficient (Wildman–Crippen LogP) is 2.61. The highest BCUT2D eigenvalue weighted by Gasteiger charge is 2.35. The number of anilines is 1. The lowest BCUT2D eigenvalue weighted by Crippen LogP contribution is -2.53. The molecule has 2 unspecified atom stereocenters. The van der Waals surface area contributed by atoms with Crippen LogP contribution >= 0.6 is 12.2 Å². The molecule has 3 nitrogen and oxygen atoms in total. The fourth-order valence-electron chi connectivity index (χ4n) is 3.29. The van der Waals surface area contributed by atoms with E-state index < -0.39 is 0 Å². The van der Waals surface area contributed by atoms with E-state index in [1.54, 1.807) is 12.1 Å². The van der Waals surface area contributed by atoms with Gasteiger partial charge in [-0.25, -0.2) is 4.39 Å². The zero-order valence-electron chi connectivity index (χ0n) is 11.3. The first-order valence-corrected chi connectivity index (χ1v) is 7.55. The summed E-state index contributed by atoms with van der Waals surface area (Å²) >= 11 is 4.89. The summed E-state index contributed by atoms with van der Waals surface area (Å²) in [6, 6.07) is 5.32. The second kappa shape index (κ2) is 5.66. The van der Waals surface area contributed by atoms with Crippen molar-refractivity contribution in [1.29, 1.82) is 0 Å². The molecule has 0 bridgehead atoms. The van der Waals surface area contributed by atoms with Crippen LogP contribution in [0.25, 0.3) is 0 Å². The Kier molecular flexibility index (Phi) is 3.89. The molecule has 1 aliphatic carbocycles. The number of halogens is 1. The quantitative estimate of drug-likeness (QED) is 0.851. The Labute approximate surface area is 123 Å². The van der Waals surface area contributed by atoms with Crippen molar-refractivity contribution in [2.75, 3.05) is 18.1 Å². The Hall–Kier alpha value is -1.20. The van der Waals surface area contributed by atoms with Gasteiger partial charge in [0.15, 0.2) is 0 Å². The van der Waals surface area contributed by atoms with E-state index in [1.807, 2.05) is 0 Å². The van der Waals surface area contributed by atoms with Crippen molar-refractivity contribution in [3.05, 3.63) is 29.6 Å². The van der Waals surface area contributed by atoms with Crippen LogP contribution < -0.4 is 10.6 Å². The molecule has 1 heterocycles. The molecule has 0 amide bonds. The molecule has 2 fully saturated rings. The van der Waals surface area contributed by atoms with Gasteiger partial charge in [0.1, 0.15) is 10.8 Å². The highest BCUT2D eigenvalue weighted by molar-refractivity contribution is 7.80. The average molecular weight is 294 g/mol. The van der Waals surface area contributed by atoms with Crippen molar-refractivity contribution in [3.8, 4) is 0 Å². The van der Waals surface area contributed by atoms with E-state index in [2.05, 4.69) is 4.90 Å². The van der Waals surface area contributed by atoms with Gasteiger partial charge in [0, 0.05) is 12.1 Å². The van der Waals surface area contributed by atoms with E-state index in [0.29, 0.717) is 23.9 Å². The van der Waals surface area contributed by atoms with Gasteiger partial charge in [0.25, 0.3) is 0 Å². The van der Waals surface area contributed by atoms with Crippen LogP contribution in [0.1, 0.15) is 31.2 Å². The van der Waals surface area contributed by atoms with Gasteiger partial charge in [-0.3, -0.25) is 0 Å². The molecule has 2 atom stereocenters. The number of rotatable bonds is 2. The predicted molar refractivity (Wildman–Crippen MR) is 81.6 cm³/mol. The first kappa shape index (κ1) is 13.8. The summed E-state index contributed by atoms with van der Waals surface area (Å²) in [5.41, 5.74) is 6.77. The second-order valence-corrected chi connectivity index (χ2v) is 5.92. The van der Waals surface area contributed by atoms with E-state index in [-0.39, 0.29) is 16.9 Å². The Balaban J connectivity index is 1.89. The van der Waals surface area contributed by atoms with Crippen molar-refractivity contribution in [1.82, 2.24) is 0 Å². The summed E-state index contributed by atoms with van der Waals surface area (Å²) in [7, 11) is 0. The van der Waals surface area contributed by atoms with E-state index in [0.717, 1.165) is 19.4 Å². The normalized spacial score (nSPS) is 26.1. The number of hydrogen-bond donors (Lipinski definition) is 1. The molecule has 1 saturated heterocycles. The molecular weight excluding hydrogens is 275 g/mol. The van der Waals surface area contributed by atoms with Crippen molar-refractivity contribution in [3.63, 3.8) is 0 Å². The third kappa shape index (κ3) is 2.52. The number of nitrogens with two attached hydrogens (primary N) is 1. The van der Waals surface area contributed by atoms with Gasteiger partial charge in [-0.05, 0) is 31.0 Å². The van der Waals surface area contributed by atoms with E-state index in [4.69, 9.17) is 22.7 Å². The van der Waals surface area contributed by atoms with Gasteiger partial charge in [0.2, 0.25) is 0 Å². The van der Waals surface area contributed by atoms with Crippen LogP contribution in [0, 0.1) is 5.82 Å². The molecule has 3 rings (SSSR count). The summed E-state index contributed by atoms with van der Waals surface area (Å²) in [6.45, 7) is 1.40. The minimum absolute atomic E-state index is 0.230. The molecule has 1 aromatic rings. The zero-order chi connectivity index (χ0) is 14.1. The second-order valence-electron chi connectivity index (χ2n) is 5.48. The SMILES string of the molecule is NC(=S)c1ccc(N2CCOC3CCCCC32)c(F)c1. The standard InChI is InChI=1S/C15H19FN2OS/c16-11-9-10(15(17)20)5-6-12(11)18-7-8-19-14-4-2-1-3-13(14)18/h5-6,9,13-14H,1-4,7-8H2,(H2,17,20). The molecule has 108 valence electrons. The number of benzene rings is 1. The maximum absolute atomic E-state index is 14.4. The number of hydrogen-bond acceptors (Lipinski definition) is 3. The van der Waals surface area contributed by atoms with Crippen molar-refractivity contribution >= 4 is 22.9 Å². The van der Waals surface area contributed by atoms with Crippen LogP contribution in [0.3, 0.4) is 0 Å². The first-order valence-electron chi connectivity index (χ1n) is 7.14. The number of fused-ring (bicyclic) bond motifs is 1. The monoisotopic (exact) mass is 294 g/mol. The summed E-state index contributed by atoms with van der Waals surface area (Å²) in [6.07, 6.45) is 4.78. The molecule has 1 aromatic carbocycles. The third-order valence-electron chi connectivity index (χ3n) is 4.27. The minimum atomic E-state index is -0.249. The lowest BCUT2D eigenvalue weighted by Gasteiger charge is -2.45.